The number of ether oxygens (including phenoxy) is 1. The fraction of sp³-hybridized carbons (Fsp3) is 0.611. The van der Waals surface area contributed by atoms with E-state index in [0.717, 1.165) is 24.0 Å². The van der Waals surface area contributed by atoms with Gasteiger partial charge in [-0.1, -0.05) is 37.5 Å². The van der Waals surface area contributed by atoms with E-state index in [-0.39, 0.29) is 11.9 Å². The first-order valence-corrected chi connectivity index (χ1v) is 7.87. The third-order valence-corrected chi connectivity index (χ3v) is 4.55. The number of Topliss-reactive ketones (excluding diaryl/α,β-unsaturated/α-hetero) is 1. The minimum atomic E-state index is -0.249. The lowest BCUT2D eigenvalue weighted by molar-refractivity contribution is 0.0126. The maximum atomic E-state index is 12.9. The van der Waals surface area contributed by atoms with Gasteiger partial charge in [-0.05, 0) is 50.7 Å². The van der Waals surface area contributed by atoms with Crippen LogP contribution in [0.2, 0.25) is 0 Å². The van der Waals surface area contributed by atoms with Crippen LogP contribution in [-0.2, 0) is 4.74 Å². The van der Waals surface area contributed by atoms with E-state index < -0.39 is 0 Å². The Bertz CT molecular complexity index is 458. The summed E-state index contributed by atoms with van der Waals surface area (Å²) in [5.74, 6) is 0.580. The summed E-state index contributed by atoms with van der Waals surface area (Å²) in [4.78, 5) is 12.9. The molecule has 0 saturated heterocycles. The molecule has 1 aromatic carbocycles. The number of benzene rings is 1. The molecule has 0 aromatic heterocycles. The Labute approximate surface area is 122 Å². The molecule has 20 heavy (non-hydrogen) atoms. The second-order valence-electron chi connectivity index (χ2n) is 5.89. The van der Waals surface area contributed by atoms with Crippen molar-refractivity contribution in [1.29, 1.82) is 0 Å². The molecule has 2 rings (SSSR count). The Balaban J connectivity index is 2.23. The standard InChI is InChI=1S/C18H26O2/c1-4-20-18(15-10-6-5-7-11-15)17(19)16-12-8-9-13(2)14(16)3/h8-9,12,15,18H,4-7,10-11H2,1-3H3. The largest absolute Gasteiger partial charge is 0.370 e. The van der Waals surface area contributed by atoms with E-state index in [9.17, 15) is 4.79 Å². The van der Waals surface area contributed by atoms with Crippen LogP contribution in [0.3, 0.4) is 0 Å². The number of carbonyl (C=O) groups is 1. The predicted molar refractivity (Wildman–Crippen MR) is 82.2 cm³/mol. The van der Waals surface area contributed by atoms with Crippen molar-refractivity contribution in [2.24, 2.45) is 5.92 Å². The van der Waals surface area contributed by atoms with Gasteiger partial charge in [-0.25, -0.2) is 0 Å². The highest BCUT2D eigenvalue weighted by molar-refractivity contribution is 6.01. The van der Waals surface area contributed by atoms with Crippen LogP contribution in [0.15, 0.2) is 18.2 Å². The second kappa shape index (κ2) is 7.03. The zero-order valence-corrected chi connectivity index (χ0v) is 12.9. The minimum absolute atomic E-state index is 0.181. The third-order valence-electron chi connectivity index (χ3n) is 4.55. The Hall–Kier alpha value is -1.15. The Kier molecular flexibility index (Phi) is 5.36. The molecule has 110 valence electrons. The number of rotatable bonds is 5. The molecular weight excluding hydrogens is 248 g/mol. The van der Waals surface area contributed by atoms with Crippen molar-refractivity contribution in [2.75, 3.05) is 6.61 Å². The van der Waals surface area contributed by atoms with Crippen LogP contribution in [0.4, 0.5) is 0 Å². The Morgan fingerprint density at radius 1 is 1.25 bits per heavy atom. The summed E-state index contributed by atoms with van der Waals surface area (Å²) in [6.45, 7) is 6.68. The van der Waals surface area contributed by atoms with E-state index in [0.29, 0.717) is 12.5 Å². The third kappa shape index (κ3) is 3.29. The first-order chi connectivity index (χ1) is 9.65. The quantitative estimate of drug-likeness (QED) is 0.740. The summed E-state index contributed by atoms with van der Waals surface area (Å²) in [5.41, 5.74) is 3.11. The molecule has 0 amide bonds. The number of aryl methyl sites for hydroxylation is 1. The van der Waals surface area contributed by atoms with Gasteiger partial charge in [-0.3, -0.25) is 4.79 Å². The number of hydrogen-bond acceptors (Lipinski definition) is 2. The Morgan fingerprint density at radius 2 is 1.95 bits per heavy atom. The van der Waals surface area contributed by atoms with Gasteiger partial charge in [-0.2, -0.15) is 0 Å². The molecule has 2 heteroatoms. The Morgan fingerprint density at radius 3 is 2.60 bits per heavy atom. The average Bonchev–Trinajstić information content (AvgIpc) is 2.48. The van der Waals surface area contributed by atoms with E-state index >= 15 is 0 Å². The summed E-state index contributed by atoms with van der Waals surface area (Å²) < 4.78 is 5.84. The number of ketones is 1. The van der Waals surface area contributed by atoms with Crippen LogP contribution >= 0.6 is 0 Å². The molecule has 0 heterocycles. The summed E-state index contributed by atoms with van der Waals surface area (Å²) >= 11 is 0. The highest BCUT2D eigenvalue weighted by Crippen LogP contribution is 2.30. The molecule has 1 unspecified atom stereocenters. The molecule has 1 aliphatic rings. The molecule has 2 nitrogen and oxygen atoms in total. The summed E-state index contributed by atoms with van der Waals surface area (Å²) in [7, 11) is 0. The lowest BCUT2D eigenvalue weighted by Crippen LogP contribution is -2.34. The smallest absolute Gasteiger partial charge is 0.192 e. The maximum Gasteiger partial charge on any atom is 0.192 e. The van der Waals surface area contributed by atoms with Crippen molar-refractivity contribution in [3.05, 3.63) is 34.9 Å². The second-order valence-corrected chi connectivity index (χ2v) is 5.89. The van der Waals surface area contributed by atoms with Gasteiger partial charge in [0.1, 0.15) is 6.10 Å². The molecular formula is C18H26O2. The van der Waals surface area contributed by atoms with Crippen molar-refractivity contribution >= 4 is 5.78 Å². The molecule has 1 aliphatic carbocycles. The van der Waals surface area contributed by atoms with E-state index in [2.05, 4.69) is 13.0 Å². The normalized spacial score (nSPS) is 17.9. The first kappa shape index (κ1) is 15.2. The van der Waals surface area contributed by atoms with Crippen molar-refractivity contribution in [3.63, 3.8) is 0 Å². The number of carbonyl (C=O) groups excluding carboxylic acids is 1. The fourth-order valence-electron chi connectivity index (χ4n) is 3.21. The fourth-order valence-corrected chi connectivity index (χ4v) is 3.21. The van der Waals surface area contributed by atoms with Crippen molar-refractivity contribution in [2.45, 2.75) is 59.0 Å². The molecule has 1 fully saturated rings. The van der Waals surface area contributed by atoms with Crippen LogP contribution in [0.25, 0.3) is 0 Å². The van der Waals surface area contributed by atoms with E-state index in [1.165, 1.54) is 24.8 Å². The van der Waals surface area contributed by atoms with Gasteiger partial charge in [0, 0.05) is 12.2 Å². The van der Waals surface area contributed by atoms with E-state index in [1.807, 2.05) is 26.0 Å². The molecule has 1 aromatic rings. The summed E-state index contributed by atoms with van der Waals surface area (Å²) in [6, 6.07) is 5.97. The summed E-state index contributed by atoms with van der Waals surface area (Å²) in [6.07, 6.45) is 5.76. The van der Waals surface area contributed by atoms with Crippen molar-refractivity contribution in [1.82, 2.24) is 0 Å². The lowest BCUT2D eigenvalue weighted by atomic mass is 9.81. The average molecular weight is 274 g/mol. The minimum Gasteiger partial charge on any atom is -0.370 e. The molecule has 0 spiro atoms. The molecule has 1 atom stereocenters. The molecule has 0 aliphatic heterocycles. The zero-order valence-electron chi connectivity index (χ0n) is 12.9. The summed E-state index contributed by atoms with van der Waals surface area (Å²) in [5, 5.41) is 0. The van der Waals surface area contributed by atoms with E-state index in [4.69, 9.17) is 4.74 Å². The van der Waals surface area contributed by atoms with Gasteiger partial charge in [0.15, 0.2) is 5.78 Å². The molecule has 0 N–H and O–H groups in total. The predicted octanol–water partition coefficient (Wildman–Crippen LogP) is 4.47. The molecule has 0 radical (unpaired) electrons. The highest BCUT2D eigenvalue weighted by atomic mass is 16.5. The van der Waals surface area contributed by atoms with Crippen LogP contribution < -0.4 is 0 Å². The maximum absolute atomic E-state index is 12.9. The molecule has 1 saturated carbocycles. The van der Waals surface area contributed by atoms with Gasteiger partial charge < -0.3 is 4.74 Å². The van der Waals surface area contributed by atoms with Crippen molar-refractivity contribution < 1.29 is 9.53 Å². The topological polar surface area (TPSA) is 26.3 Å². The SMILES string of the molecule is CCOC(C(=O)c1cccc(C)c1C)C1CCCCC1. The van der Waals surface area contributed by atoms with Crippen LogP contribution in [0.5, 0.6) is 0 Å². The zero-order chi connectivity index (χ0) is 14.5. The van der Waals surface area contributed by atoms with Gasteiger partial charge in [0.05, 0.1) is 0 Å². The van der Waals surface area contributed by atoms with Gasteiger partial charge in [0.2, 0.25) is 0 Å². The first-order valence-electron chi connectivity index (χ1n) is 7.87. The van der Waals surface area contributed by atoms with Crippen LogP contribution in [-0.4, -0.2) is 18.5 Å². The van der Waals surface area contributed by atoms with Gasteiger partial charge in [-0.15, -0.1) is 0 Å². The van der Waals surface area contributed by atoms with E-state index in [1.54, 1.807) is 0 Å². The van der Waals surface area contributed by atoms with Crippen LogP contribution in [0, 0.1) is 19.8 Å². The number of hydrogen-bond donors (Lipinski definition) is 0. The lowest BCUT2D eigenvalue weighted by Gasteiger charge is -2.29. The van der Waals surface area contributed by atoms with Crippen LogP contribution in [0.1, 0.15) is 60.5 Å². The van der Waals surface area contributed by atoms with Crippen molar-refractivity contribution in [3.8, 4) is 0 Å². The molecule has 0 bridgehead atoms. The monoisotopic (exact) mass is 274 g/mol. The highest BCUT2D eigenvalue weighted by Gasteiger charge is 2.31. The van der Waals surface area contributed by atoms with Gasteiger partial charge in [0.25, 0.3) is 0 Å². The van der Waals surface area contributed by atoms with Gasteiger partial charge >= 0.3 is 0 Å².